The molecule has 1 aromatic heterocycles. The van der Waals surface area contributed by atoms with Crippen molar-refractivity contribution in [1.29, 1.82) is 0 Å². The first-order chi connectivity index (χ1) is 10.9. The van der Waals surface area contributed by atoms with Gasteiger partial charge in [0.2, 0.25) is 11.0 Å². The molecule has 23 heavy (non-hydrogen) atoms. The molecule has 0 saturated heterocycles. The molecule has 0 aliphatic carbocycles. The van der Waals surface area contributed by atoms with Crippen molar-refractivity contribution >= 4 is 28.5 Å². The minimum absolute atomic E-state index is 0.116. The Hall–Kier alpha value is -2.21. The van der Waals surface area contributed by atoms with E-state index in [9.17, 15) is 4.79 Å². The van der Waals surface area contributed by atoms with Gasteiger partial charge in [0.1, 0.15) is 10.8 Å². The Balaban J connectivity index is 1.97. The van der Waals surface area contributed by atoms with Gasteiger partial charge in [-0.3, -0.25) is 10.1 Å². The number of carbonyl (C=O) groups excluding carboxylic acids is 1. The van der Waals surface area contributed by atoms with Gasteiger partial charge < -0.3 is 4.74 Å². The van der Waals surface area contributed by atoms with E-state index >= 15 is 0 Å². The predicted octanol–water partition coefficient (Wildman–Crippen LogP) is 4.10. The molecular formula is C17H21N3O2S. The Morgan fingerprint density at radius 1 is 1.26 bits per heavy atom. The Kier molecular flexibility index (Phi) is 5.87. The molecule has 122 valence electrons. The van der Waals surface area contributed by atoms with Gasteiger partial charge in [0, 0.05) is 12.0 Å². The van der Waals surface area contributed by atoms with Crippen LogP contribution in [0.25, 0.3) is 6.08 Å². The summed E-state index contributed by atoms with van der Waals surface area (Å²) in [6.07, 6.45) is 3.34. The van der Waals surface area contributed by atoms with Crippen molar-refractivity contribution in [3.05, 3.63) is 40.9 Å². The van der Waals surface area contributed by atoms with Gasteiger partial charge in [0.05, 0.1) is 6.10 Å². The second-order valence-electron chi connectivity index (χ2n) is 5.66. The number of carbonyl (C=O) groups is 1. The first-order valence-electron chi connectivity index (χ1n) is 7.53. The van der Waals surface area contributed by atoms with E-state index in [1.807, 2.05) is 52.0 Å². The number of rotatable bonds is 6. The lowest BCUT2D eigenvalue weighted by atomic mass is 10.2. The maximum absolute atomic E-state index is 11.9. The Labute approximate surface area is 140 Å². The molecule has 0 radical (unpaired) electrons. The topological polar surface area (TPSA) is 64.1 Å². The quantitative estimate of drug-likeness (QED) is 0.809. The Bertz CT molecular complexity index is 693. The maximum atomic E-state index is 11.9. The highest BCUT2D eigenvalue weighted by atomic mass is 32.1. The van der Waals surface area contributed by atoms with Crippen LogP contribution < -0.4 is 10.1 Å². The van der Waals surface area contributed by atoms with Crippen molar-refractivity contribution in [2.24, 2.45) is 0 Å². The zero-order chi connectivity index (χ0) is 16.8. The number of nitrogens with one attached hydrogen (secondary N) is 1. The van der Waals surface area contributed by atoms with Crippen LogP contribution in [0.1, 0.15) is 44.2 Å². The first-order valence-corrected chi connectivity index (χ1v) is 8.35. The highest BCUT2D eigenvalue weighted by Crippen LogP contribution is 2.22. The first kappa shape index (κ1) is 17.1. The van der Waals surface area contributed by atoms with E-state index in [-0.39, 0.29) is 12.0 Å². The fourth-order valence-electron chi connectivity index (χ4n) is 1.80. The van der Waals surface area contributed by atoms with E-state index in [4.69, 9.17) is 4.74 Å². The van der Waals surface area contributed by atoms with Gasteiger partial charge in [0.25, 0.3) is 0 Å². The summed E-state index contributed by atoms with van der Waals surface area (Å²) in [5.74, 6) is 0.859. The zero-order valence-corrected chi connectivity index (χ0v) is 14.6. The van der Waals surface area contributed by atoms with E-state index in [2.05, 4.69) is 15.5 Å². The van der Waals surface area contributed by atoms with Crippen LogP contribution in [-0.2, 0) is 4.79 Å². The van der Waals surface area contributed by atoms with E-state index in [1.54, 1.807) is 6.08 Å². The lowest BCUT2D eigenvalue weighted by Crippen LogP contribution is -2.07. The molecule has 5 nitrogen and oxygen atoms in total. The molecule has 1 heterocycles. The van der Waals surface area contributed by atoms with Crippen LogP contribution in [0.15, 0.2) is 30.3 Å². The number of anilines is 1. The smallest absolute Gasteiger partial charge is 0.250 e. The van der Waals surface area contributed by atoms with Crippen molar-refractivity contribution in [3.8, 4) is 5.75 Å². The molecule has 2 aromatic rings. The van der Waals surface area contributed by atoms with E-state index in [0.717, 1.165) is 16.3 Å². The van der Waals surface area contributed by atoms with E-state index in [1.165, 1.54) is 17.4 Å². The highest BCUT2D eigenvalue weighted by molar-refractivity contribution is 7.15. The third-order valence-corrected chi connectivity index (χ3v) is 3.96. The van der Waals surface area contributed by atoms with Crippen molar-refractivity contribution in [2.75, 3.05) is 5.32 Å². The lowest BCUT2D eigenvalue weighted by molar-refractivity contribution is -0.111. The molecular weight excluding hydrogens is 310 g/mol. The summed E-state index contributed by atoms with van der Waals surface area (Å²) in [7, 11) is 0. The van der Waals surface area contributed by atoms with Crippen molar-refractivity contribution in [2.45, 2.75) is 39.7 Å². The van der Waals surface area contributed by atoms with Gasteiger partial charge in [-0.2, -0.15) is 0 Å². The van der Waals surface area contributed by atoms with Gasteiger partial charge in [-0.05, 0) is 37.6 Å². The van der Waals surface area contributed by atoms with Crippen molar-refractivity contribution in [3.63, 3.8) is 0 Å². The molecule has 0 fully saturated rings. The average Bonchev–Trinajstić information content (AvgIpc) is 2.93. The maximum Gasteiger partial charge on any atom is 0.250 e. The van der Waals surface area contributed by atoms with Gasteiger partial charge in [-0.15, -0.1) is 10.2 Å². The summed E-state index contributed by atoms with van der Waals surface area (Å²) in [6, 6.07) is 7.60. The molecule has 1 aromatic carbocycles. The van der Waals surface area contributed by atoms with Crippen LogP contribution in [0.2, 0.25) is 0 Å². The van der Waals surface area contributed by atoms with Gasteiger partial charge in [-0.25, -0.2) is 0 Å². The summed E-state index contributed by atoms with van der Waals surface area (Å²) in [6.45, 7) is 8.03. The number of ether oxygens (including phenoxy) is 1. The van der Waals surface area contributed by atoms with Crippen molar-refractivity contribution in [1.82, 2.24) is 10.2 Å². The summed E-state index contributed by atoms with van der Waals surface area (Å²) in [5, 5.41) is 12.1. The summed E-state index contributed by atoms with van der Waals surface area (Å²) in [5.41, 5.74) is 0.901. The molecule has 0 spiro atoms. The third-order valence-electron chi connectivity index (χ3n) is 2.82. The van der Waals surface area contributed by atoms with Crippen LogP contribution in [0, 0.1) is 0 Å². The fraction of sp³-hybridized carbons (Fsp3) is 0.353. The molecule has 0 atom stereocenters. The monoisotopic (exact) mass is 331 g/mol. The summed E-state index contributed by atoms with van der Waals surface area (Å²) in [4.78, 5) is 11.9. The molecule has 0 unspecified atom stereocenters. The van der Waals surface area contributed by atoms with Crippen LogP contribution in [0.3, 0.4) is 0 Å². The molecule has 6 heteroatoms. The second kappa shape index (κ2) is 7.87. The normalized spacial score (nSPS) is 11.4. The largest absolute Gasteiger partial charge is 0.491 e. The zero-order valence-electron chi connectivity index (χ0n) is 13.7. The molecule has 0 aliphatic rings. The van der Waals surface area contributed by atoms with Gasteiger partial charge in [0.15, 0.2) is 0 Å². The molecule has 0 aliphatic heterocycles. The fourth-order valence-corrected chi connectivity index (χ4v) is 2.55. The number of benzene rings is 1. The number of aromatic nitrogens is 2. The van der Waals surface area contributed by atoms with E-state index in [0.29, 0.717) is 11.0 Å². The van der Waals surface area contributed by atoms with Gasteiger partial charge in [-0.1, -0.05) is 37.3 Å². The standard InChI is InChI=1S/C17H21N3O2S/c1-11(2)16-19-20-17(23-16)18-15(21)9-8-13-6-5-7-14(10-13)22-12(3)4/h5-12H,1-4H3,(H,18,20,21)/b9-8+. The minimum atomic E-state index is -0.230. The molecule has 1 N–H and O–H groups in total. The van der Waals surface area contributed by atoms with Crippen LogP contribution >= 0.6 is 11.3 Å². The number of amides is 1. The predicted molar refractivity (Wildman–Crippen MR) is 93.9 cm³/mol. The van der Waals surface area contributed by atoms with Gasteiger partial charge >= 0.3 is 0 Å². The highest BCUT2D eigenvalue weighted by Gasteiger charge is 2.08. The molecule has 0 saturated carbocycles. The van der Waals surface area contributed by atoms with Crippen LogP contribution in [0.5, 0.6) is 5.75 Å². The van der Waals surface area contributed by atoms with Crippen LogP contribution in [-0.4, -0.2) is 22.2 Å². The SMILES string of the molecule is CC(C)Oc1cccc(/C=C/C(=O)Nc2nnc(C(C)C)s2)c1. The lowest BCUT2D eigenvalue weighted by Gasteiger charge is -2.09. The summed E-state index contributed by atoms with van der Waals surface area (Å²) >= 11 is 1.39. The Morgan fingerprint density at radius 3 is 2.70 bits per heavy atom. The van der Waals surface area contributed by atoms with Crippen molar-refractivity contribution < 1.29 is 9.53 Å². The Morgan fingerprint density at radius 2 is 2.04 bits per heavy atom. The number of nitrogens with zero attached hydrogens (tertiary/aromatic N) is 2. The average molecular weight is 331 g/mol. The van der Waals surface area contributed by atoms with E-state index < -0.39 is 0 Å². The second-order valence-corrected chi connectivity index (χ2v) is 6.67. The number of hydrogen-bond acceptors (Lipinski definition) is 5. The minimum Gasteiger partial charge on any atom is -0.491 e. The molecule has 0 bridgehead atoms. The third kappa shape index (κ3) is 5.49. The van der Waals surface area contributed by atoms with Crippen LogP contribution in [0.4, 0.5) is 5.13 Å². The molecule has 2 rings (SSSR count). The molecule has 1 amide bonds. The summed E-state index contributed by atoms with van der Waals surface area (Å²) < 4.78 is 5.63. The number of hydrogen-bond donors (Lipinski definition) is 1.